The van der Waals surface area contributed by atoms with Crippen molar-refractivity contribution in [2.75, 3.05) is 7.05 Å². The van der Waals surface area contributed by atoms with Crippen molar-refractivity contribution < 1.29 is 4.79 Å². The van der Waals surface area contributed by atoms with Crippen LogP contribution in [0.1, 0.15) is 55.2 Å². The van der Waals surface area contributed by atoms with Gasteiger partial charge in [-0.2, -0.15) is 0 Å². The fraction of sp³-hybridized carbons (Fsp3) is 0.667. The quantitative estimate of drug-likeness (QED) is 0.879. The first-order valence-electron chi connectivity index (χ1n) is 5.99. The highest BCUT2D eigenvalue weighted by Gasteiger charge is 2.21. The Kier molecular flexibility index (Phi) is 5.08. The lowest BCUT2D eigenvalue weighted by Crippen LogP contribution is -2.36. The van der Waals surface area contributed by atoms with Crippen LogP contribution in [-0.2, 0) is 0 Å². The maximum Gasteiger partial charge on any atom is 0.273 e. The fourth-order valence-electron chi connectivity index (χ4n) is 1.78. The van der Waals surface area contributed by atoms with Crippen LogP contribution in [-0.4, -0.2) is 28.9 Å². The second-order valence-electron chi connectivity index (χ2n) is 4.25. The maximum absolute atomic E-state index is 12.2. The number of rotatable bonds is 5. The van der Waals surface area contributed by atoms with Gasteiger partial charge in [0, 0.05) is 18.5 Å². The summed E-state index contributed by atoms with van der Waals surface area (Å²) in [4.78, 5) is 18.2. The molecule has 0 fully saturated rings. The molecular formula is C12H21N3OS. The molecule has 1 unspecified atom stereocenters. The summed E-state index contributed by atoms with van der Waals surface area (Å²) >= 11 is 1.45. The molecule has 1 heterocycles. The van der Waals surface area contributed by atoms with Crippen LogP contribution in [0.15, 0.2) is 5.38 Å². The van der Waals surface area contributed by atoms with E-state index in [-0.39, 0.29) is 18.0 Å². The lowest BCUT2D eigenvalue weighted by Gasteiger charge is -2.25. The molecule has 1 atom stereocenters. The number of hydrogen-bond acceptors (Lipinski definition) is 4. The molecule has 0 spiro atoms. The zero-order chi connectivity index (χ0) is 13.0. The molecule has 0 aliphatic rings. The minimum atomic E-state index is -0.111. The van der Waals surface area contributed by atoms with Gasteiger partial charge < -0.3 is 10.6 Å². The minimum Gasteiger partial charge on any atom is -0.337 e. The zero-order valence-corrected chi connectivity index (χ0v) is 11.8. The van der Waals surface area contributed by atoms with Crippen molar-refractivity contribution in [1.82, 2.24) is 9.88 Å². The van der Waals surface area contributed by atoms with Gasteiger partial charge >= 0.3 is 0 Å². The molecular weight excluding hydrogens is 234 g/mol. The van der Waals surface area contributed by atoms with Gasteiger partial charge in [-0.25, -0.2) is 4.98 Å². The normalized spacial score (nSPS) is 12.8. The second kappa shape index (κ2) is 6.12. The van der Waals surface area contributed by atoms with Gasteiger partial charge in [-0.05, 0) is 19.8 Å². The number of hydrogen-bond donors (Lipinski definition) is 1. The van der Waals surface area contributed by atoms with Crippen LogP contribution in [0.5, 0.6) is 0 Å². The van der Waals surface area contributed by atoms with Gasteiger partial charge in [-0.1, -0.05) is 13.8 Å². The van der Waals surface area contributed by atoms with Gasteiger partial charge in [0.05, 0.1) is 6.04 Å². The molecule has 1 aromatic rings. The smallest absolute Gasteiger partial charge is 0.273 e. The first-order chi connectivity index (χ1) is 8.01. The van der Waals surface area contributed by atoms with E-state index in [1.807, 2.05) is 14.0 Å². The van der Waals surface area contributed by atoms with E-state index in [0.717, 1.165) is 17.8 Å². The molecule has 1 aromatic heterocycles. The molecule has 1 amide bonds. The second-order valence-corrected chi connectivity index (χ2v) is 5.14. The largest absolute Gasteiger partial charge is 0.337 e. The van der Waals surface area contributed by atoms with Gasteiger partial charge in [-0.3, -0.25) is 4.79 Å². The molecule has 4 nitrogen and oxygen atoms in total. The Morgan fingerprint density at radius 3 is 2.53 bits per heavy atom. The van der Waals surface area contributed by atoms with Crippen molar-refractivity contribution in [3.05, 3.63) is 16.1 Å². The van der Waals surface area contributed by atoms with Crippen molar-refractivity contribution in [2.45, 2.75) is 45.7 Å². The topological polar surface area (TPSA) is 59.2 Å². The van der Waals surface area contributed by atoms with E-state index in [2.05, 4.69) is 18.8 Å². The lowest BCUT2D eigenvalue weighted by molar-refractivity contribution is 0.0718. The highest BCUT2D eigenvalue weighted by atomic mass is 32.1. The summed E-state index contributed by atoms with van der Waals surface area (Å²) in [6.45, 7) is 6.05. The Bertz CT molecular complexity index is 372. The van der Waals surface area contributed by atoms with Crippen molar-refractivity contribution in [1.29, 1.82) is 0 Å². The molecule has 17 heavy (non-hydrogen) atoms. The number of amides is 1. The molecule has 0 aliphatic carbocycles. The molecule has 0 aromatic carbocycles. The molecule has 2 N–H and O–H groups in total. The van der Waals surface area contributed by atoms with E-state index in [9.17, 15) is 4.79 Å². The van der Waals surface area contributed by atoms with E-state index >= 15 is 0 Å². The van der Waals surface area contributed by atoms with E-state index in [1.54, 1.807) is 10.3 Å². The third-order valence-electron chi connectivity index (χ3n) is 2.94. The average Bonchev–Trinajstić information content (AvgIpc) is 2.78. The van der Waals surface area contributed by atoms with E-state index in [4.69, 9.17) is 5.73 Å². The standard InChI is InChI=1S/C12H21N3OS/c1-5-9(6-2)15(4)12(16)10-7-17-11(14-10)8(3)13/h7-9H,5-6,13H2,1-4H3. The predicted molar refractivity (Wildman–Crippen MR) is 71.2 cm³/mol. The van der Waals surface area contributed by atoms with E-state index in [1.165, 1.54) is 11.3 Å². The third kappa shape index (κ3) is 3.26. The van der Waals surface area contributed by atoms with Crippen LogP contribution < -0.4 is 5.73 Å². The molecule has 0 radical (unpaired) electrons. The van der Waals surface area contributed by atoms with E-state index in [0.29, 0.717) is 5.69 Å². The number of thiazole rings is 1. The first-order valence-corrected chi connectivity index (χ1v) is 6.87. The van der Waals surface area contributed by atoms with Crippen LogP contribution in [0.2, 0.25) is 0 Å². The summed E-state index contributed by atoms with van der Waals surface area (Å²) in [5.74, 6) is -0.0122. The van der Waals surface area contributed by atoms with Crippen LogP contribution in [0.4, 0.5) is 0 Å². The number of carbonyl (C=O) groups is 1. The molecule has 5 heteroatoms. The van der Waals surface area contributed by atoms with Gasteiger partial charge in [0.15, 0.2) is 0 Å². The summed E-state index contributed by atoms with van der Waals surface area (Å²) in [6, 6.07) is 0.169. The number of nitrogens with zero attached hydrogens (tertiary/aromatic N) is 2. The predicted octanol–water partition coefficient (Wildman–Crippen LogP) is 2.42. The van der Waals surface area contributed by atoms with Crippen LogP contribution in [0.25, 0.3) is 0 Å². The summed E-state index contributed by atoms with van der Waals surface area (Å²) in [5, 5.41) is 2.60. The highest BCUT2D eigenvalue weighted by molar-refractivity contribution is 7.09. The molecule has 0 saturated heterocycles. The summed E-state index contributed by atoms with van der Waals surface area (Å²) in [5.41, 5.74) is 6.25. The van der Waals surface area contributed by atoms with Crippen molar-refractivity contribution in [3.63, 3.8) is 0 Å². The molecule has 0 bridgehead atoms. The van der Waals surface area contributed by atoms with Crippen LogP contribution in [0.3, 0.4) is 0 Å². The average molecular weight is 255 g/mol. The Labute approximate surface area is 107 Å². The molecule has 96 valence electrons. The Balaban J connectivity index is 2.81. The minimum absolute atomic E-state index is 0.0122. The molecule has 1 rings (SSSR count). The van der Waals surface area contributed by atoms with Crippen molar-refractivity contribution in [3.8, 4) is 0 Å². The molecule has 0 saturated carbocycles. The highest BCUT2D eigenvalue weighted by Crippen LogP contribution is 2.18. The SMILES string of the molecule is CCC(CC)N(C)C(=O)c1csc(C(C)N)n1. The molecule has 0 aliphatic heterocycles. The van der Waals surface area contributed by atoms with Gasteiger partial charge in [-0.15, -0.1) is 11.3 Å². The maximum atomic E-state index is 12.2. The third-order valence-corrected chi connectivity index (χ3v) is 3.99. The summed E-state index contributed by atoms with van der Waals surface area (Å²) in [6.07, 6.45) is 1.92. The number of nitrogens with two attached hydrogens (primary N) is 1. The summed E-state index contributed by atoms with van der Waals surface area (Å²) < 4.78 is 0. The summed E-state index contributed by atoms with van der Waals surface area (Å²) in [7, 11) is 1.84. The number of carbonyl (C=O) groups excluding carboxylic acids is 1. The number of aromatic nitrogens is 1. The van der Waals surface area contributed by atoms with E-state index < -0.39 is 0 Å². The lowest BCUT2D eigenvalue weighted by atomic mass is 10.1. The fourth-order valence-corrected chi connectivity index (χ4v) is 2.53. The van der Waals surface area contributed by atoms with Crippen molar-refractivity contribution >= 4 is 17.2 Å². The van der Waals surface area contributed by atoms with Crippen LogP contribution in [0, 0.1) is 0 Å². The zero-order valence-electron chi connectivity index (χ0n) is 10.9. The monoisotopic (exact) mass is 255 g/mol. The van der Waals surface area contributed by atoms with Gasteiger partial charge in [0.25, 0.3) is 5.91 Å². The Hall–Kier alpha value is -0.940. The van der Waals surface area contributed by atoms with Gasteiger partial charge in [0.2, 0.25) is 0 Å². The van der Waals surface area contributed by atoms with Crippen molar-refractivity contribution in [2.24, 2.45) is 5.73 Å². The Morgan fingerprint density at radius 2 is 2.12 bits per heavy atom. The first kappa shape index (κ1) is 14.1. The Morgan fingerprint density at radius 1 is 1.53 bits per heavy atom. The van der Waals surface area contributed by atoms with Crippen LogP contribution >= 0.6 is 11.3 Å². The van der Waals surface area contributed by atoms with Gasteiger partial charge in [0.1, 0.15) is 10.7 Å².